The lowest BCUT2D eigenvalue weighted by Gasteiger charge is -2.47. The molecule has 0 amide bonds. The molecule has 8 nitrogen and oxygen atoms in total. The lowest BCUT2D eigenvalue weighted by molar-refractivity contribution is -0.187. The lowest BCUT2D eigenvalue weighted by atomic mass is 9.53. The van der Waals surface area contributed by atoms with Gasteiger partial charge in [-0.1, -0.05) is 79.1 Å². The fraction of sp³-hybridized carbons (Fsp3) is 0.846. The molecule has 0 aromatic heterocycles. The third-order valence-electron chi connectivity index (χ3n) is 7.76. The largest absolute Gasteiger partial charge is 0.480 e. The number of carboxylic acids is 4. The second kappa shape index (κ2) is 13.1. The summed E-state index contributed by atoms with van der Waals surface area (Å²) < 4.78 is 0. The van der Waals surface area contributed by atoms with Gasteiger partial charge in [-0.3, -0.25) is 19.2 Å². The normalized spacial score (nSPS) is 19.4. The molecule has 0 aliphatic heterocycles. The minimum Gasteiger partial charge on any atom is -0.480 e. The molecule has 0 aromatic carbocycles. The van der Waals surface area contributed by atoms with Crippen molar-refractivity contribution in [3.8, 4) is 0 Å². The summed E-state index contributed by atoms with van der Waals surface area (Å²) in [5.41, 5.74) is -4.40. The molecule has 2 unspecified atom stereocenters. The summed E-state index contributed by atoms with van der Waals surface area (Å²) in [6, 6.07) is 0. The number of rotatable bonds is 16. The van der Waals surface area contributed by atoms with Crippen LogP contribution in [0.15, 0.2) is 0 Å². The van der Waals surface area contributed by atoms with E-state index in [0.717, 1.165) is 12.8 Å². The van der Waals surface area contributed by atoms with Crippen molar-refractivity contribution in [2.24, 2.45) is 34.5 Å². The van der Waals surface area contributed by atoms with E-state index in [2.05, 4.69) is 0 Å². The molecular weight excluding hydrogens is 440 g/mol. The van der Waals surface area contributed by atoms with Gasteiger partial charge >= 0.3 is 23.9 Å². The summed E-state index contributed by atoms with van der Waals surface area (Å²) in [5.74, 6) is -7.32. The standard InChI is InChI=1S/C26H44O8/c1-17(2)11-7-9-15-25(21(27)28,22(29)30)19-13-5-6-14-20(19)26(23(31)32,24(33)34)16-10-8-12-18(3)4/h17-20H,5-16H2,1-4H3,(H,27,28)(H,29,30)(H,31,32)(H,33,34). The number of carboxylic acid groups (broad SMARTS) is 4. The van der Waals surface area contributed by atoms with Crippen LogP contribution >= 0.6 is 0 Å². The average molecular weight is 485 g/mol. The van der Waals surface area contributed by atoms with Gasteiger partial charge in [0.15, 0.2) is 10.8 Å². The molecule has 0 radical (unpaired) electrons. The van der Waals surface area contributed by atoms with Gasteiger partial charge in [0.1, 0.15) is 0 Å². The number of hydrogen-bond acceptors (Lipinski definition) is 4. The molecule has 0 spiro atoms. The van der Waals surface area contributed by atoms with E-state index < -0.39 is 46.5 Å². The van der Waals surface area contributed by atoms with Gasteiger partial charge in [-0.25, -0.2) is 0 Å². The molecule has 196 valence electrons. The molecule has 1 aliphatic rings. The summed E-state index contributed by atoms with van der Waals surface area (Å²) in [7, 11) is 0. The first-order chi connectivity index (χ1) is 15.8. The van der Waals surface area contributed by atoms with Gasteiger partial charge < -0.3 is 20.4 Å². The van der Waals surface area contributed by atoms with Crippen molar-refractivity contribution in [1.82, 2.24) is 0 Å². The molecule has 0 aromatic rings. The van der Waals surface area contributed by atoms with Gasteiger partial charge in [0.2, 0.25) is 0 Å². The van der Waals surface area contributed by atoms with E-state index in [1.165, 1.54) is 0 Å². The van der Waals surface area contributed by atoms with Gasteiger partial charge in [0.25, 0.3) is 0 Å². The van der Waals surface area contributed by atoms with E-state index in [1.807, 2.05) is 27.7 Å². The van der Waals surface area contributed by atoms with E-state index in [9.17, 15) is 39.6 Å². The maximum absolute atomic E-state index is 12.6. The van der Waals surface area contributed by atoms with Crippen LogP contribution in [0.25, 0.3) is 0 Å². The van der Waals surface area contributed by atoms with E-state index in [-0.39, 0.29) is 25.7 Å². The van der Waals surface area contributed by atoms with Crippen LogP contribution in [0.4, 0.5) is 0 Å². The first-order valence-electron chi connectivity index (χ1n) is 12.8. The summed E-state index contributed by atoms with van der Waals surface area (Å²) in [6.07, 6.45) is 4.97. The fourth-order valence-corrected chi connectivity index (χ4v) is 5.84. The number of unbranched alkanes of at least 4 members (excludes halogenated alkanes) is 2. The summed E-state index contributed by atoms with van der Waals surface area (Å²) >= 11 is 0. The molecule has 0 saturated heterocycles. The predicted octanol–water partition coefficient (Wildman–Crippen LogP) is 5.54. The Kier molecular flexibility index (Phi) is 11.5. The number of aliphatic carboxylic acids is 4. The minimum absolute atomic E-state index is 0.131. The van der Waals surface area contributed by atoms with Crippen molar-refractivity contribution in [2.45, 2.75) is 105 Å². The van der Waals surface area contributed by atoms with Gasteiger partial charge in [0.05, 0.1) is 0 Å². The average Bonchev–Trinajstić information content (AvgIpc) is 2.73. The maximum Gasteiger partial charge on any atom is 0.321 e. The zero-order valence-electron chi connectivity index (χ0n) is 21.2. The summed E-state index contributed by atoms with van der Waals surface area (Å²) in [5, 5.41) is 40.9. The minimum atomic E-state index is -2.20. The molecule has 34 heavy (non-hydrogen) atoms. The molecular formula is C26H44O8. The second-order valence-corrected chi connectivity index (χ2v) is 10.9. The summed E-state index contributed by atoms with van der Waals surface area (Å²) in [6.45, 7) is 8.14. The Morgan fingerprint density at radius 2 is 0.912 bits per heavy atom. The van der Waals surface area contributed by atoms with E-state index in [0.29, 0.717) is 50.4 Å². The van der Waals surface area contributed by atoms with Gasteiger partial charge in [0, 0.05) is 0 Å². The van der Waals surface area contributed by atoms with Crippen LogP contribution in [-0.2, 0) is 19.2 Å². The van der Waals surface area contributed by atoms with Crippen LogP contribution in [-0.4, -0.2) is 44.3 Å². The molecule has 4 N–H and O–H groups in total. The zero-order chi connectivity index (χ0) is 26.1. The van der Waals surface area contributed by atoms with Crippen molar-refractivity contribution >= 4 is 23.9 Å². The Morgan fingerprint density at radius 3 is 1.15 bits per heavy atom. The van der Waals surface area contributed by atoms with Crippen molar-refractivity contribution in [1.29, 1.82) is 0 Å². The van der Waals surface area contributed by atoms with E-state index in [1.54, 1.807) is 0 Å². The molecule has 1 saturated carbocycles. The lowest BCUT2D eigenvalue weighted by Crippen LogP contribution is -2.57. The van der Waals surface area contributed by atoms with Crippen LogP contribution in [0.1, 0.15) is 105 Å². The molecule has 1 rings (SSSR count). The Morgan fingerprint density at radius 1 is 0.618 bits per heavy atom. The van der Waals surface area contributed by atoms with Crippen LogP contribution in [0.2, 0.25) is 0 Å². The molecule has 0 bridgehead atoms. The highest BCUT2D eigenvalue weighted by Gasteiger charge is 2.63. The van der Waals surface area contributed by atoms with E-state index in [4.69, 9.17) is 0 Å². The summed E-state index contributed by atoms with van der Waals surface area (Å²) in [4.78, 5) is 50.2. The van der Waals surface area contributed by atoms with Gasteiger partial charge in [-0.15, -0.1) is 0 Å². The Bertz CT molecular complexity index is 624. The molecule has 2 atom stereocenters. The van der Waals surface area contributed by atoms with E-state index >= 15 is 0 Å². The van der Waals surface area contributed by atoms with Gasteiger partial charge in [-0.05, 0) is 49.4 Å². The SMILES string of the molecule is CC(C)CCCCC(C(=O)O)(C(=O)O)C1CCCCC1C(CCCCC(C)C)(C(=O)O)C(=O)O. The molecule has 0 heterocycles. The quantitative estimate of drug-likeness (QED) is 0.165. The Labute approximate surface area is 203 Å². The smallest absolute Gasteiger partial charge is 0.321 e. The topological polar surface area (TPSA) is 149 Å². The van der Waals surface area contributed by atoms with Crippen molar-refractivity contribution in [3.63, 3.8) is 0 Å². The Hall–Kier alpha value is -2.12. The zero-order valence-corrected chi connectivity index (χ0v) is 21.2. The monoisotopic (exact) mass is 484 g/mol. The predicted molar refractivity (Wildman–Crippen MR) is 127 cm³/mol. The van der Waals surface area contributed by atoms with Crippen LogP contribution in [0.5, 0.6) is 0 Å². The first-order valence-corrected chi connectivity index (χ1v) is 12.8. The first kappa shape index (κ1) is 29.9. The number of hydrogen-bond donors (Lipinski definition) is 4. The number of carbonyl (C=O) groups is 4. The Balaban J connectivity index is 3.45. The second-order valence-electron chi connectivity index (χ2n) is 10.9. The van der Waals surface area contributed by atoms with Gasteiger partial charge in [-0.2, -0.15) is 0 Å². The highest BCUT2D eigenvalue weighted by molar-refractivity contribution is 6.01. The van der Waals surface area contributed by atoms with Crippen molar-refractivity contribution in [2.75, 3.05) is 0 Å². The third kappa shape index (κ3) is 6.72. The molecule has 1 aliphatic carbocycles. The highest BCUT2D eigenvalue weighted by Crippen LogP contribution is 2.54. The highest BCUT2D eigenvalue weighted by atomic mass is 16.4. The van der Waals surface area contributed by atoms with Crippen LogP contribution in [0, 0.1) is 34.5 Å². The fourth-order valence-electron chi connectivity index (χ4n) is 5.84. The molecule has 1 fully saturated rings. The van der Waals surface area contributed by atoms with Crippen LogP contribution < -0.4 is 0 Å². The van der Waals surface area contributed by atoms with Crippen molar-refractivity contribution < 1.29 is 39.6 Å². The third-order valence-corrected chi connectivity index (χ3v) is 7.76. The van der Waals surface area contributed by atoms with Crippen LogP contribution in [0.3, 0.4) is 0 Å². The molecule has 8 heteroatoms. The van der Waals surface area contributed by atoms with Crippen molar-refractivity contribution in [3.05, 3.63) is 0 Å². The maximum atomic E-state index is 12.6.